The molecule has 0 radical (unpaired) electrons. The Hall–Kier alpha value is -1.00. The highest BCUT2D eigenvalue weighted by Crippen LogP contribution is 2.26. The van der Waals surface area contributed by atoms with Gasteiger partial charge in [-0.1, -0.05) is 61.7 Å². The predicted molar refractivity (Wildman–Crippen MR) is 105 cm³/mol. The van der Waals surface area contributed by atoms with Crippen molar-refractivity contribution in [3.63, 3.8) is 0 Å². The molecule has 1 fully saturated rings. The van der Waals surface area contributed by atoms with Gasteiger partial charge in [-0.15, -0.1) is 11.8 Å². The molecule has 2 nitrogen and oxygen atoms in total. The summed E-state index contributed by atoms with van der Waals surface area (Å²) in [6, 6.07) is 10.3. The Morgan fingerprint density at radius 3 is 2.57 bits per heavy atom. The van der Waals surface area contributed by atoms with E-state index in [1.807, 2.05) is 37.7 Å². The van der Waals surface area contributed by atoms with Gasteiger partial charge in [0.05, 0.1) is 15.8 Å². The fourth-order valence-corrected chi connectivity index (χ4v) is 5.22. The van der Waals surface area contributed by atoms with Crippen molar-refractivity contribution in [2.45, 2.75) is 37.4 Å². The number of hydrogen-bond acceptors (Lipinski definition) is 3. The van der Waals surface area contributed by atoms with E-state index < -0.39 is 10.8 Å². The Kier molecular flexibility index (Phi) is 7.96. The monoisotopic (exact) mass is 349 g/mol. The molecule has 0 saturated heterocycles. The summed E-state index contributed by atoms with van der Waals surface area (Å²) in [5.41, 5.74) is 1.22. The van der Waals surface area contributed by atoms with Crippen LogP contribution >= 0.6 is 11.8 Å². The predicted octanol–water partition coefficient (Wildman–Crippen LogP) is 4.87. The van der Waals surface area contributed by atoms with Gasteiger partial charge < -0.3 is 4.90 Å². The van der Waals surface area contributed by atoms with Crippen LogP contribution in [0.3, 0.4) is 0 Å². The van der Waals surface area contributed by atoms with Gasteiger partial charge in [0.15, 0.2) is 0 Å². The van der Waals surface area contributed by atoms with Crippen LogP contribution in [0, 0.1) is 0 Å². The van der Waals surface area contributed by atoms with Crippen molar-refractivity contribution in [3.8, 4) is 0 Å². The van der Waals surface area contributed by atoms with Gasteiger partial charge in [-0.2, -0.15) is 0 Å². The second-order valence-corrected chi connectivity index (χ2v) is 8.66. The second-order valence-electron chi connectivity index (χ2n) is 6.06. The molecule has 1 unspecified atom stereocenters. The molecule has 0 bridgehead atoms. The number of rotatable bonds is 7. The molecule has 0 aliphatic heterocycles. The zero-order chi connectivity index (χ0) is 16.5. The maximum atomic E-state index is 12.5. The SMILES string of the molecule is CN(C)/C(=C/S(=O)C1CCCCC1)SC/C=C/c1ccccc1. The fraction of sp³-hybridized carbons (Fsp3) is 0.474. The summed E-state index contributed by atoms with van der Waals surface area (Å²) in [4.78, 5) is 2.07. The van der Waals surface area contributed by atoms with Gasteiger partial charge >= 0.3 is 0 Å². The minimum absolute atomic E-state index is 0.360. The average Bonchev–Trinajstić information content (AvgIpc) is 2.59. The lowest BCUT2D eigenvalue weighted by Crippen LogP contribution is -2.18. The first kappa shape index (κ1) is 18.3. The minimum atomic E-state index is -0.847. The van der Waals surface area contributed by atoms with E-state index in [4.69, 9.17) is 0 Å². The van der Waals surface area contributed by atoms with E-state index in [-0.39, 0.29) is 0 Å². The van der Waals surface area contributed by atoms with Crippen LogP contribution in [-0.4, -0.2) is 34.2 Å². The highest BCUT2D eigenvalue weighted by Gasteiger charge is 2.19. The number of thioether (sulfide) groups is 1. The average molecular weight is 350 g/mol. The molecule has 1 saturated carbocycles. The molecule has 126 valence electrons. The molecule has 1 aromatic carbocycles. The lowest BCUT2D eigenvalue weighted by molar-refractivity contribution is 0.506. The van der Waals surface area contributed by atoms with Gasteiger partial charge in [0.1, 0.15) is 0 Å². The van der Waals surface area contributed by atoms with E-state index in [2.05, 4.69) is 29.2 Å². The molecule has 4 heteroatoms. The zero-order valence-electron chi connectivity index (χ0n) is 14.1. The van der Waals surface area contributed by atoms with Crippen molar-refractivity contribution in [3.05, 3.63) is 52.4 Å². The molecular formula is C19H27NOS2. The van der Waals surface area contributed by atoms with E-state index in [9.17, 15) is 4.21 Å². The van der Waals surface area contributed by atoms with Crippen LogP contribution in [0.5, 0.6) is 0 Å². The third-order valence-corrected chi connectivity index (χ3v) is 6.85. The number of nitrogens with zero attached hydrogens (tertiary/aromatic N) is 1. The number of benzene rings is 1. The summed E-state index contributed by atoms with van der Waals surface area (Å²) >= 11 is 1.75. The topological polar surface area (TPSA) is 20.3 Å². The Morgan fingerprint density at radius 1 is 1.22 bits per heavy atom. The van der Waals surface area contributed by atoms with Crippen LogP contribution in [0.25, 0.3) is 6.08 Å². The minimum Gasteiger partial charge on any atom is -0.372 e. The van der Waals surface area contributed by atoms with Gasteiger partial charge in [-0.3, -0.25) is 4.21 Å². The maximum absolute atomic E-state index is 12.5. The highest BCUT2D eigenvalue weighted by atomic mass is 32.2. The Balaban J connectivity index is 1.89. The molecule has 1 aliphatic carbocycles. The van der Waals surface area contributed by atoms with Crippen molar-refractivity contribution in [1.82, 2.24) is 4.90 Å². The van der Waals surface area contributed by atoms with Crippen molar-refractivity contribution in [2.75, 3.05) is 19.8 Å². The highest BCUT2D eigenvalue weighted by molar-refractivity contribution is 8.03. The summed E-state index contributed by atoms with van der Waals surface area (Å²) in [6.07, 6.45) is 10.3. The van der Waals surface area contributed by atoms with Gasteiger partial charge in [-0.05, 0) is 18.4 Å². The van der Waals surface area contributed by atoms with E-state index in [1.54, 1.807) is 11.8 Å². The molecule has 1 atom stereocenters. The van der Waals surface area contributed by atoms with Gasteiger partial charge in [0.2, 0.25) is 0 Å². The molecule has 0 spiro atoms. The van der Waals surface area contributed by atoms with Gasteiger partial charge in [-0.25, -0.2) is 0 Å². The summed E-state index contributed by atoms with van der Waals surface area (Å²) in [6.45, 7) is 0. The normalized spacial score (nSPS) is 18.3. The Morgan fingerprint density at radius 2 is 1.91 bits per heavy atom. The fourth-order valence-electron chi connectivity index (χ4n) is 2.64. The summed E-state index contributed by atoms with van der Waals surface area (Å²) in [5.74, 6) is 0.890. The van der Waals surface area contributed by atoms with Crippen LogP contribution in [0.15, 0.2) is 46.8 Å². The first-order chi connectivity index (χ1) is 11.2. The summed E-state index contributed by atoms with van der Waals surface area (Å²) in [5, 5.41) is 3.43. The largest absolute Gasteiger partial charge is 0.372 e. The van der Waals surface area contributed by atoms with Crippen LogP contribution in [0.1, 0.15) is 37.7 Å². The van der Waals surface area contributed by atoms with E-state index in [0.29, 0.717) is 5.25 Å². The molecule has 1 aromatic rings. The van der Waals surface area contributed by atoms with Gasteiger partial charge in [0, 0.05) is 30.5 Å². The standard InChI is InChI=1S/C19H27NOS2/c1-20(2)19(16-23(21)18-13-7-4-8-14-18)22-15-9-12-17-10-5-3-6-11-17/h3,5-6,9-12,16,18H,4,7-8,13-15H2,1-2H3/b12-9+,19-16-. The summed E-state index contributed by atoms with van der Waals surface area (Å²) < 4.78 is 12.5. The maximum Gasteiger partial charge on any atom is 0.0795 e. The lowest BCUT2D eigenvalue weighted by atomic mass is 10.0. The molecule has 0 N–H and O–H groups in total. The summed E-state index contributed by atoms with van der Waals surface area (Å²) in [7, 11) is 3.20. The van der Waals surface area contributed by atoms with Crippen molar-refractivity contribution < 1.29 is 4.21 Å². The van der Waals surface area contributed by atoms with Crippen molar-refractivity contribution >= 4 is 28.6 Å². The smallest absolute Gasteiger partial charge is 0.0795 e. The van der Waals surface area contributed by atoms with Crippen LogP contribution in [0.2, 0.25) is 0 Å². The molecular weight excluding hydrogens is 322 g/mol. The molecule has 0 amide bonds. The molecule has 0 aromatic heterocycles. The molecule has 0 heterocycles. The molecule has 1 aliphatic rings. The van der Waals surface area contributed by atoms with Crippen molar-refractivity contribution in [2.24, 2.45) is 0 Å². The zero-order valence-corrected chi connectivity index (χ0v) is 15.7. The van der Waals surface area contributed by atoms with E-state index in [0.717, 1.165) is 23.6 Å². The Labute approximate surface area is 147 Å². The first-order valence-electron chi connectivity index (χ1n) is 8.30. The lowest BCUT2D eigenvalue weighted by Gasteiger charge is -2.21. The third kappa shape index (κ3) is 6.56. The Bertz CT molecular complexity index is 546. The first-order valence-corrected chi connectivity index (χ1v) is 10.6. The molecule has 2 rings (SSSR count). The third-order valence-electron chi connectivity index (χ3n) is 3.98. The van der Waals surface area contributed by atoms with E-state index in [1.165, 1.54) is 24.8 Å². The van der Waals surface area contributed by atoms with E-state index >= 15 is 0 Å². The van der Waals surface area contributed by atoms with Gasteiger partial charge in [0.25, 0.3) is 0 Å². The van der Waals surface area contributed by atoms with Crippen LogP contribution in [0.4, 0.5) is 0 Å². The quantitative estimate of drug-likeness (QED) is 0.700. The second kappa shape index (κ2) is 9.99. The van der Waals surface area contributed by atoms with Crippen LogP contribution < -0.4 is 0 Å². The van der Waals surface area contributed by atoms with Crippen LogP contribution in [-0.2, 0) is 10.8 Å². The number of hydrogen-bond donors (Lipinski definition) is 0. The van der Waals surface area contributed by atoms with Crippen molar-refractivity contribution in [1.29, 1.82) is 0 Å². The molecule has 23 heavy (non-hydrogen) atoms.